The molecule has 2 rings (SSSR count). The second-order valence-electron chi connectivity index (χ2n) is 5.72. The third-order valence-corrected chi connectivity index (χ3v) is 5.86. The maximum atomic E-state index is 12.3. The summed E-state index contributed by atoms with van der Waals surface area (Å²) >= 11 is 6.08. The Morgan fingerprint density at radius 2 is 1.71 bits per heavy atom. The fraction of sp³-hybridized carbons (Fsp3) is 0.278. The van der Waals surface area contributed by atoms with Crippen LogP contribution >= 0.6 is 11.6 Å². The third-order valence-electron chi connectivity index (χ3n) is 3.76. The molecule has 0 aliphatic rings. The molecule has 0 saturated heterocycles. The molecule has 0 unspecified atom stereocenters. The Hall–Kier alpha value is -1.85. The highest BCUT2D eigenvalue weighted by molar-refractivity contribution is 7.91. The quantitative estimate of drug-likeness (QED) is 0.787. The van der Waals surface area contributed by atoms with E-state index >= 15 is 0 Å². The van der Waals surface area contributed by atoms with E-state index in [0.717, 1.165) is 11.1 Å². The van der Waals surface area contributed by atoms with Gasteiger partial charge in [0.15, 0.2) is 9.84 Å². The lowest BCUT2D eigenvalue weighted by molar-refractivity contribution is -0.130. The Labute approximate surface area is 148 Å². The standard InChI is InChI=1S/C18H20ClNO3S/c1-14-7-9-16(10-8-14)24(22,23)12-11-18(21)20(2)13-15-5-3-4-6-17(15)19/h3-10H,11-13H2,1-2H3. The number of nitrogens with zero attached hydrogens (tertiary/aromatic N) is 1. The molecule has 6 heteroatoms. The fourth-order valence-corrected chi connectivity index (χ4v) is 3.67. The predicted molar refractivity (Wildman–Crippen MR) is 95.8 cm³/mol. The van der Waals surface area contributed by atoms with Crippen molar-refractivity contribution in [2.24, 2.45) is 0 Å². The Morgan fingerprint density at radius 3 is 2.33 bits per heavy atom. The average Bonchev–Trinajstić information content (AvgIpc) is 2.55. The van der Waals surface area contributed by atoms with E-state index in [1.807, 2.05) is 25.1 Å². The van der Waals surface area contributed by atoms with Crippen molar-refractivity contribution in [2.75, 3.05) is 12.8 Å². The molecule has 4 nitrogen and oxygen atoms in total. The second-order valence-corrected chi connectivity index (χ2v) is 8.24. The van der Waals surface area contributed by atoms with Gasteiger partial charge in [0.25, 0.3) is 0 Å². The Kier molecular flexibility index (Phi) is 6.02. The van der Waals surface area contributed by atoms with E-state index in [0.29, 0.717) is 11.6 Å². The van der Waals surface area contributed by atoms with Crippen LogP contribution in [0, 0.1) is 6.92 Å². The summed E-state index contributed by atoms with van der Waals surface area (Å²) in [6, 6.07) is 13.9. The molecule has 0 spiro atoms. The summed E-state index contributed by atoms with van der Waals surface area (Å²) in [6.45, 7) is 2.24. The lowest BCUT2D eigenvalue weighted by atomic mass is 10.2. The molecule has 0 heterocycles. The maximum Gasteiger partial charge on any atom is 0.223 e. The lowest BCUT2D eigenvalue weighted by Crippen LogP contribution is -2.28. The number of amides is 1. The van der Waals surface area contributed by atoms with Crippen LogP contribution in [-0.4, -0.2) is 32.0 Å². The van der Waals surface area contributed by atoms with E-state index in [1.165, 1.54) is 4.90 Å². The first-order chi connectivity index (χ1) is 11.3. The summed E-state index contributed by atoms with van der Waals surface area (Å²) in [4.78, 5) is 13.9. The van der Waals surface area contributed by atoms with Gasteiger partial charge in [0.1, 0.15) is 0 Å². The van der Waals surface area contributed by atoms with Crippen molar-refractivity contribution >= 4 is 27.3 Å². The van der Waals surface area contributed by atoms with Crippen LogP contribution in [0.4, 0.5) is 0 Å². The minimum absolute atomic E-state index is 0.0584. The van der Waals surface area contributed by atoms with Crippen LogP contribution in [-0.2, 0) is 21.2 Å². The number of carbonyl (C=O) groups excluding carboxylic acids is 1. The van der Waals surface area contributed by atoms with Crippen molar-refractivity contribution in [1.29, 1.82) is 0 Å². The monoisotopic (exact) mass is 365 g/mol. The summed E-state index contributed by atoms with van der Waals surface area (Å²) in [5, 5.41) is 0.587. The highest BCUT2D eigenvalue weighted by Crippen LogP contribution is 2.17. The van der Waals surface area contributed by atoms with Crippen LogP contribution in [0.25, 0.3) is 0 Å². The van der Waals surface area contributed by atoms with E-state index < -0.39 is 9.84 Å². The smallest absolute Gasteiger partial charge is 0.223 e. The van der Waals surface area contributed by atoms with Crippen molar-refractivity contribution < 1.29 is 13.2 Å². The molecule has 0 radical (unpaired) electrons. The number of halogens is 1. The SMILES string of the molecule is Cc1ccc(S(=O)(=O)CCC(=O)N(C)Cc2ccccc2Cl)cc1. The van der Waals surface area contributed by atoms with Crippen molar-refractivity contribution in [2.45, 2.75) is 24.8 Å². The molecule has 0 saturated carbocycles. The number of hydrogen-bond donors (Lipinski definition) is 0. The molecule has 0 bridgehead atoms. The Balaban J connectivity index is 1.97. The fourth-order valence-electron chi connectivity index (χ4n) is 2.25. The number of benzene rings is 2. The van der Waals surface area contributed by atoms with Gasteiger partial charge in [0, 0.05) is 25.0 Å². The van der Waals surface area contributed by atoms with Crippen molar-refractivity contribution in [3.63, 3.8) is 0 Å². The molecular formula is C18H20ClNO3S. The summed E-state index contributed by atoms with van der Waals surface area (Å²) in [7, 11) is -1.82. The van der Waals surface area contributed by atoms with Crippen LogP contribution in [0.15, 0.2) is 53.4 Å². The Bertz CT molecular complexity index is 816. The van der Waals surface area contributed by atoms with Gasteiger partial charge in [-0.25, -0.2) is 8.42 Å². The molecule has 0 atom stereocenters. The molecule has 0 aliphatic heterocycles. The molecule has 2 aromatic rings. The molecule has 0 fully saturated rings. The van der Waals surface area contributed by atoms with Crippen LogP contribution in [0.3, 0.4) is 0 Å². The normalized spacial score (nSPS) is 11.3. The van der Waals surface area contributed by atoms with Gasteiger partial charge in [-0.3, -0.25) is 4.79 Å². The van der Waals surface area contributed by atoms with Gasteiger partial charge in [0.2, 0.25) is 5.91 Å². The summed E-state index contributed by atoms with van der Waals surface area (Å²) in [5.41, 5.74) is 1.82. The van der Waals surface area contributed by atoms with Gasteiger partial charge in [0.05, 0.1) is 10.6 Å². The van der Waals surface area contributed by atoms with Crippen LogP contribution in [0.5, 0.6) is 0 Å². The van der Waals surface area contributed by atoms with Gasteiger partial charge < -0.3 is 4.90 Å². The first-order valence-electron chi connectivity index (χ1n) is 7.56. The number of sulfone groups is 1. The minimum Gasteiger partial charge on any atom is -0.341 e. The van der Waals surface area contributed by atoms with E-state index in [1.54, 1.807) is 37.4 Å². The van der Waals surface area contributed by atoms with E-state index in [9.17, 15) is 13.2 Å². The van der Waals surface area contributed by atoms with Gasteiger partial charge in [-0.15, -0.1) is 0 Å². The summed E-state index contributed by atoms with van der Waals surface area (Å²) < 4.78 is 24.6. The highest BCUT2D eigenvalue weighted by atomic mass is 35.5. The number of aryl methyl sites for hydroxylation is 1. The zero-order valence-electron chi connectivity index (χ0n) is 13.7. The zero-order valence-corrected chi connectivity index (χ0v) is 15.3. The zero-order chi connectivity index (χ0) is 17.7. The van der Waals surface area contributed by atoms with Gasteiger partial charge in [-0.05, 0) is 30.7 Å². The summed E-state index contributed by atoms with van der Waals surface area (Å²) in [6.07, 6.45) is -0.0584. The van der Waals surface area contributed by atoms with E-state index in [-0.39, 0.29) is 23.0 Å². The van der Waals surface area contributed by atoms with Crippen molar-refractivity contribution in [3.05, 3.63) is 64.7 Å². The maximum absolute atomic E-state index is 12.3. The van der Waals surface area contributed by atoms with Crippen LogP contribution in [0.1, 0.15) is 17.5 Å². The molecule has 1 amide bonds. The Morgan fingerprint density at radius 1 is 1.08 bits per heavy atom. The molecule has 128 valence electrons. The third kappa shape index (κ3) is 4.82. The van der Waals surface area contributed by atoms with Gasteiger partial charge in [-0.2, -0.15) is 0 Å². The first-order valence-corrected chi connectivity index (χ1v) is 9.59. The second kappa shape index (κ2) is 7.81. The largest absolute Gasteiger partial charge is 0.341 e. The first kappa shape index (κ1) is 18.5. The molecule has 24 heavy (non-hydrogen) atoms. The van der Waals surface area contributed by atoms with E-state index in [4.69, 9.17) is 11.6 Å². The molecule has 0 N–H and O–H groups in total. The molecule has 0 aliphatic carbocycles. The van der Waals surface area contributed by atoms with E-state index in [2.05, 4.69) is 0 Å². The number of carbonyl (C=O) groups is 1. The minimum atomic E-state index is -3.46. The molecule has 0 aromatic heterocycles. The van der Waals surface area contributed by atoms with Crippen LogP contribution < -0.4 is 0 Å². The lowest BCUT2D eigenvalue weighted by Gasteiger charge is -2.18. The van der Waals surface area contributed by atoms with Crippen LogP contribution in [0.2, 0.25) is 5.02 Å². The number of hydrogen-bond acceptors (Lipinski definition) is 3. The van der Waals surface area contributed by atoms with Crippen molar-refractivity contribution in [3.8, 4) is 0 Å². The average molecular weight is 366 g/mol. The topological polar surface area (TPSA) is 54.5 Å². The highest BCUT2D eigenvalue weighted by Gasteiger charge is 2.18. The van der Waals surface area contributed by atoms with Crippen molar-refractivity contribution in [1.82, 2.24) is 4.90 Å². The summed E-state index contributed by atoms with van der Waals surface area (Å²) in [5.74, 6) is -0.438. The molecule has 2 aromatic carbocycles. The van der Waals surface area contributed by atoms with Gasteiger partial charge >= 0.3 is 0 Å². The predicted octanol–water partition coefficient (Wildman–Crippen LogP) is 3.47. The van der Waals surface area contributed by atoms with Gasteiger partial charge in [-0.1, -0.05) is 47.5 Å². The molecular weight excluding hydrogens is 346 g/mol. The number of rotatable bonds is 6.